The number of fused-ring (bicyclic) bond motifs is 1. The van der Waals surface area contributed by atoms with Crippen LogP contribution in [0, 0.1) is 23.5 Å². The topological polar surface area (TPSA) is 9.23 Å². The van der Waals surface area contributed by atoms with Gasteiger partial charge >= 0.3 is 5.92 Å². The summed E-state index contributed by atoms with van der Waals surface area (Å²) in [6, 6.07) is 11.5. The molecule has 0 spiro atoms. The minimum absolute atomic E-state index is 0.104. The molecular formula is C36H61F6OSi3. The van der Waals surface area contributed by atoms with Crippen LogP contribution in [0.2, 0.25) is 66.0 Å². The first kappa shape index (κ1) is 41.2. The SMILES string of the molecule is CC[Si](CC)(CC)CCCCCC[Si](CCCCCC[Si](CC)(CC)CC)(Oc1c(F)c(F)c(F)c2c1C(F)(F)[C]=C2F)C(C)C. The minimum atomic E-state index is -4.12. The number of halogens is 6. The van der Waals surface area contributed by atoms with Crippen LogP contribution in [0.25, 0.3) is 5.83 Å². The Labute approximate surface area is 279 Å². The van der Waals surface area contributed by atoms with E-state index >= 15 is 4.39 Å². The third-order valence-corrected chi connectivity index (χ3v) is 29.0. The molecule has 0 heterocycles. The van der Waals surface area contributed by atoms with Crippen LogP contribution < -0.4 is 4.43 Å². The summed E-state index contributed by atoms with van der Waals surface area (Å²) in [5, 5.41) is 0. The Kier molecular flexibility index (Phi) is 16.2. The fourth-order valence-corrected chi connectivity index (χ4v) is 19.0. The number of hydrogen-bond acceptors (Lipinski definition) is 1. The second-order valence-electron chi connectivity index (χ2n) is 14.3. The molecule has 265 valence electrons. The Morgan fingerprint density at radius 2 is 0.978 bits per heavy atom. The van der Waals surface area contributed by atoms with Gasteiger partial charge in [0.2, 0.25) is 5.82 Å². The molecule has 1 aromatic rings. The Hall–Kier alpha value is -1.01. The summed E-state index contributed by atoms with van der Waals surface area (Å²) >= 11 is 0. The zero-order chi connectivity index (χ0) is 34.8. The number of hydrogen-bond donors (Lipinski definition) is 0. The highest BCUT2D eigenvalue weighted by Gasteiger charge is 2.50. The molecule has 46 heavy (non-hydrogen) atoms. The molecule has 1 aliphatic rings. The van der Waals surface area contributed by atoms with E-state index in [2.05, 4.69) is 41.5 Å². The van der Waals surface area contributed by atoms with Crippen molar-refractivity contribution in [3.63, 3.8) is 0 Å². The van der Waals surface area contributed by atoms with Crippen LogP contribution in [-0.2, 0) is 5.92 Å². The molecule has 0 fully saturated rings. The summed E-state index contributed by atoms with van der Waals surface area (Å²) in [6.07, 6.45) is 9.21. The highest BCUT2D eigenvalue weighted by Crippen LogP contribution is 2.52. The van der Waals surface area contributed by atoms with Gasteiger partial charge < -0.3 is 4.43 Å². The lowest BCUT2D eigenvalue weighted by atomic mass is 10.0. The van der Waals surface area contributed by atoms with E-state index in [4.69, 9.17) is 4.43 Å². The zero-order valence-electron chi connectivity index (χ0n) is 30.0. The molecule has 1 aliphatic carbocycles. The van der Waals surface area contributed by atoms with Crippen LogP contribution in [0.5, 0.6) is 5.75 Å². The van der Waals surface area contributed by atoms with Crippen molar-refractivity contribution < 1.29 is 30.8 Å². The van der Waals surface area contributed by atoms with E-state index in [9.17, 15) is 22.0 Å². The summed E-state index contributed by atoms with van der Waals surface area (Å²) in [7, 11) is -5.47. The van der Waals surface area contributed by atoms with Gasteiger partial charge in [0.15, 0.2) is 17.4 Å². The molecule has 0 unspecified atom stereocenters. The van der Waals surface area contributed by atoms with Crippen molar-refractivity contribution in [3.05, 3.63) is 34.7 Å². The highest BCUT2D eigenvalue weighted by molar-refractivity contribution is 6.80. The molecule has 0 saturated heterocycles. The molecule has 0 N–H and O–H groups in total. The van der Waals surface area contributed by atoms with Crippen molar-refractivity contribution in [2.45, 2.75) is 179 Å². The van der Waals surface area contributed by atoms with Gasteiger partial charge in [-0.15, -0.1) is 0 Å². The molecule has 0 atom stereocenters. The van der Waals surface area contributed by atoms with E-state index in [-0.39, 0.29) is 5.54 Å². The van der Waals surface area contributed by atoms with E-state index in [1.807, 2.05) is 13.8 Å². The summed E-state index contributed by atoms with van der Waals surface area (Å²) < 4.78 is 95.5. The first-order chi connectivity index (χ1) is 21.7. The molecule has 0 amide bonds. The lowest BCUT2D eigenvalue weighted by Gasteiger charge is -2.37. The number of unbranched alkanes of at least 4 members (excludes halogenated alkanes) is 6. The van der Waals surface area contributed by atoms with E-state index in [0.717, 1.165) is 51.4 Å². The van der Waals surface area contributed by atoms with Crippen LogP contribution in [-0.4, -0.2) is 24.5 Å². The van der Waals surface area contributed by atoms with Gasteiger partial charge in [-0.3, -0.25) is 0 Å². The smallest absolute Gasteiger partial charge is 0.306 e. The van der Waals surface area contributed by atoms with Crippen LogP contribution in [0.1, 0.15) is 118 Å². The molecule has 2 rings (SSSR count). The van der Waals surface area contributed by atoms with Gasteiger partial charge in [-0.05, 0) is 17.6 Å². The van der Waals surface area contributed by atoms with Gasteiger partial charge in [-0.1, -0.05) is 155 Å². The van der Waals surface area contributed by atoms with Crippen molar-refractivity contribution in [3.8, 4) is 5.75 Å². The second kappa shape index (κ2) is 18.1. The van der Waals surface area contributed by atoms with E-state index in [1.165, 1.54) is 54.4 Å². The van der Waals surface area contributed by atoms with E-state index in [1.54, 1.807) is 0 Å². The maximum atomic E-state index is 15.4. The molecule has 0 saturated carbocycles. The molecule has 0 aromatic heterocycles. The minimum Gasteiger partial charge on any atom is -0.541 e. The summed E-state index contributed by atoms with van der Waals surface area (Å²) in [5.74, 6) is -12.6. The summed E-state index contributed by atoms with van der Waals surface area (Å²) in [4.78, 5) is 0. The summed E-state index contributed by atoms with van der Waals surface area (Å²) in [6.45, 7) is 17.8. The number of benzene rings is 1. The second-order valence-corrected chi connectivity index (χ2v) is 30.0. The molecule has 1 nitrogen and oxygen atoms in total. The molecule has 10 heteroatoms. The molecule has 0 bridgehead atoms. The van der Waals surface area contributed by atoms with Gasteiger partial charge in [-0.2, -0.15) is 13.2 Å². The number of allylic oxidation sites excluding steroid dienone is 1. The van der Waals surface area contributed by atoms with Crippen LogP contribution in [0.4, 0.5) is 26.3 Å². The maximum Gasteiger partial charge on any atom is 0.306 e. The lowest BCUT2D eigenvalue weighted by Crippen LogP contribution is -2.45. The van der Waals surface area contributed by atoms with Crippen molar-refractivity contribution in [1.29, 1.82) is 0 Å². The Morgan fingerprint density at radius 3 is 1.35 bits per heavy atom. The molecule has 0 aliphatic heterocycles. The summed E-state index contributed by atoms with van der Waals surface area (Å²) in [5.41, 5.74) is -2.64. The van der Waals surface area contributed by atoms with Crippen molar-refractivity contribution in [2.75, 3.05) is 0 Å². The third kappa shape index (κ3) is 9.57. The van der Waals surface area contributed by atoms with Crippen molar-refractivity contribution >= 4 is 30.3 Å². The van der Waals surface area contributed by atoms with Gasteiger partial charge in [0.25, 0.3) is 8.32 Å². The first-order valence-electron chi connectivity index (χ1n) is 18.3. The van der Waals surface area contributed by atoms with Crippen LogP contribution in [0.3, 0.4) is 0 Å². The highest BCUT2D eigenvalue weighted by atomic mass is 28.4. The lowest BCUT2D eigenvalue weighted by molar-refractivity contribution is 0.0440. The molecule has 1 radical (unpaired) electrons. The Morgan fingerprint density at radius 1 is 0.587 bits per heavy atom. The average molecular weight is 708 g/mol. The Balaban J connectivity index is 2.30. The first-order valence-corrected chi connectivity index (χ1v) is 26.3. The fraction of sp³-hybridized carbons (Fsp3) is 0.778. The normalized spacial score (nSPS) is 15.1. The number of alkyl halides is 2. The average Bonchev–Trinajstić information content (AvgIpc) is 3.29. The van der Waals surface area contributed by atoms with Crippen LogP contribution in [0.15, 0.2) is 0 Å². The predicted octanol–water partition coefficient (Wildman–Crippen LogP) is 14.2. The van der Waals surface area contributed by atoms with Gasteiger partial charge in [0.05, 0.1) is 33.4 Å². The van der Waals surface area contributed by atoms with E-state index < -0.39 is 70.5 Å². The Bertz CT molecular complexity index is 1080. The monoisotopic (exact) mass is 707 g/mol. The standard InChI is InChI=1S/C36H61F6OSi3/c1-9-44(10-2,11-3)23-19-15-17-21-25-46(28(7)8,26-22-18-16-20-24-45(12-4,13-5)14-6)43-35-31-30(29(37)27-36(31,41)42)32(38)33(39)34(35)40/h28H,9-26H2,1-8H3. The maximum absolute atomic E-state index is 15.4. The van der Waals surface area contributed by atoms with Crippen molar-refractivity contribution in [1.82, 2.24) is 0 Å². The predicted molar refractivity (Wildman–Crippen MR) is 190 cm³/mol. The van der Waals surface area contributed by atoms with Gasteiger partial charge in [0, 0.05) is 0 Å². The van der Waals surface area contributed by atoms with Crippen molar-refractivity contribution in [2.24, 2.45) is 0 Å². The van der Waals surface area contributed by atoms with Gasteiger partial charge in [0.1, 0.15) is 5.83 Å². The number of rotatable bonds is 23. The fourth-order valence-electron chi connectivity index (χ4n) is 7.74. The van der Waals surface area contributed by atoms with E-state index in [0.29, 0.717) is 12.1 Å². The quantitative estimate of drug-likeness (QED) is 0.0476. The molecule has 1 aromatic carbocycles. The molecular weight excluding hydrogens is 647 g/mol. The largest absolute Gasteiger partial charge is 0.541 e. The zero-order valence-corrected chi connectivity index (χ0v) is 33.0. The third-order valence-electron chi connectivity index (χ3n) is 12.1. The van der Waals surface area contributed by atoms with Crippen LogP contribution >= 0.6 is 0 Å². The van der Waals surface area contributed by atoms with Gasteiger partial charge in [-0.25, -0.2) is 13.2 Å².